The third-order valence-corrected chi connectivity index (χ3v) is 5.87. The number of aliphatic imine (C=N–C) groups is 1. The van der Waals surface area contributed by atoms with Gasteiger partial charge in [-0.05, 0) is 57.9 Å². The van der Waals surface area contributed by atoms with Gasteiger partial charge >= 0.3 is 0 Å². The van der Waals surface area contributed by atoms with Crippen LogP contribution in [0.1, 0.15) is 44.7 Å². The predicted molar refractivity (Wildman–Crippen MR) is 113 cm³/mol. The Balaban J connectivity index is 1.75. The van der Waals surface area contributed by atoms with Gasteiger partial charge in [-0.3, -0.25) is 4.90 Å². The molecule has 4 rings (SSSR count). The summed E-state index contributed by atoms with van der Waals surface area (Å²) in [5, 5.41) is 7.71. The molecule has 3 aliphatic rings. The zero-order chi connectivity index (χ0) is 19.0. The Bertz CT molecular complexity index is 783. The molecular formula is C21H28ClN5. The number of nitrogens with zero attached hydrogens (tertiary/aromatic N) is 5. The Labute approximate surface area is 167 Å². The average molecular weight is 386 g/mol. The van der Waals surface area contributed by atoms with E-state index in [0.29, 0.717) is 6.04 Å². The number of fused-ring (bicyclic) bond motifs is 2. The van der Waals surface area contributed by atoms with Crippen LogP contribution in [0, 0.1) is 0 Å². The van der Waals surface area contributed by atoms with Crippen molar-refractivity contribution in [2.75, 3.05) is 26.2 Å². The number of hydrazone groups is 1. The lowest BCUT2D eigenvalue weighted by atomic mass is 9.99. The summed E-state index contributed by atoms with van der Waals surface area (Å²) in [6.45, 7) is 12.4. The standard InChI is InChI=1S/C21H28ClN5/c1-4-6-20-18-13-16(22)8-9-19(18)23-21(27(20)24-15(2)3)26-12-11-25-10-5-7-17(25)14-26/h4,8-9,13,17,20H,1,5-7,10-12,14H2,2-3H3. The molecule has 1 aromatic carbocycles. The third kappa shape index (κ3) is 3.63. The molecule has 0 bridgehead atoms. The van der Waals surface area contributed by atoms with Crippen LogP contribution in [0.3, 0.4) is 0 Å². The van der Waals surface area contributed by atoms with Crippen molar-refractivity contribution in [3.05, 3.63) is 41.4 Å². The SMILES string of the molecule is C=CCC1c2cc(Cl)ccc2N=C(N2CCN3CCCC3C2)N1N=C(C)C. The summed E-state index contributed by atoms with van der Waals surface area (Å²) in [5.41, 5.74) is 3.13. The first-order chi connectivity index (χ1) is 13.1. The van der Waals surface area contributed by atoms with Gasteiger partial charge in [-0.15, -0.1) is 6.58 Å². The first kappa shape index (κ1) is 18.5. The molecule has 1 aromatic rings. The van der Waals surface area contributed by atoms with Crippen LogP contribution >= 0.6 is 11.6 Å². The van der Waals surface area contributed by atoms with E-state index in [-0.39, 0.29) is 6.04 Å². The molecule has 2 saturated heterocycles. The van der Waals surface area contributed by atoms with E-state index in [1.165, 1.54) is 19.4 Å². The monoisotopic (exact) mass is 385 g/mol. The molecule has 0 saturated carbocycles. The van der Waals surface area contributed by atoms with E-state index in [1.807, 2.05) is 38.1 Å². The molecule has 3 heterocycles. The van der Waals surface area contributed by atoms with Crippen molar-refractivity contribution in [3.8, 4) is 0 Å². The van der Waals surface area contributed by atoms with Gasteiger partial charge in [0, 0.05) is 42.0 Å². The second-order valence-corrected chi connectivity index (χ2v) is 8.26. The molecule has 27 heavy (non-hydrogen) atoms. The number of piperazine rings is 1. The van der Waals surface area contributed by atoms with Crippen molar-refractivity contribution in [2.24, 2.45) is 10.1 Å². The van der Waals surface area contributed by atoms with E-state index < -0.39 is 0 Å². The molecule has 6 heteroatoms. The van der Waals surface area contributed by atoms with E-state index in [1.54, 1.807) is 0 Å². The normalized spacial score (nSPS) is 24.9. The Hall–Kier alpha value is -1.85. The summed E-state index contributed by atoms with van der Waals surface area (Å²) >= 11 is 6.30. The fourth-order valence-corrected chi connectivity index (χ4v) is 4.61. The second kappa shape index (κ2) is 7.64. The molecule has 0 amide bonds. The van der Waals surface area contributed by atoms with Crippen LogP contribution in [-0.2, 0) is 0 Å². The summed E-state index contributed by atoms with van der Waals surface area (Å²) in [5.74, 6) is 0.962. The highest BCUT2D eigenvalue weighted by molar-refractivity contribution is 6.30. The predicted octanol–water partition coefficient (Wildman–Crippen LogP) is 4.44. The zero-order valence-corrected chi connectivity index (χ0v) is 17.0. The molecule has 2 atom stereocenters. The van der Waals surface area contributed by atoms with Crippen molar-refractivity contribution in [1.29, 1.82) is 0 Å². The number of halogens is 1. The molecule has 2 unspecified atom stereocenters. The topological polar surface area (TPSA) is 34.4 Å². The quantitative estimate of drug-likeness (QED) is 0.570. The van der Waals surface area contributed by atoms with E-state index >= 15 is 0 Å². The van der Waals surface area contributed by atoms with Crippen LogP contribution in [0.4, 0.5) is 5.69 Å². The molecule has 144 valence electrons. The lowest BCUT2D eigenvalue weighted by Crippen LogP contribution is -2.56. The molecule has 0 aromatic heterocycles. The molecule has 2 fully saturated rings. The Morgan fingerprint density at radius 3 is 2.96 bits per heavy atom. The first-order valence-corrected chi connectivity index (χ1v) is 10.2. The lowest BCUT2D eigenvalue weighted by Gasteiger charge is -2.44. The highest BCUT2D eigenvalue weighted by atomic mass is 35.5. The zero-order valence-electron chi connectivity index (χ0n) is 16.2. The van der Waals surface area contributed by atoms with Gasteiger partial charge in [0.25, 0.3) is 0 Å². The van der Waals surface area contributed by atoms with Gasteiger partial charge in [-0.25, -0.2) is 10.0 Å². The fraction of sp³-hybridized carbons (Fsp3) is 0.524. The number of hydrogen-bond donors (Lipinski definition) is 0. The van der Waals surface area contributed by atoms with Gasteiger partial charge in [0.2, 0.25) is 5.96 Å². The van der Waals surface area contributed by atoms with Crippen molar-refractivity contribution in [2.45, 2.75) is 45.2 Å². The highest BCUT2D eigenvalue weighted by Crippen LogP contribution is 2.40. The van der Waals surface area contributed by atoms with Gasteiger partial charge in [0.15, 0.2) is 0 Å². The van der Waals surface area contributed by atoms with Crippen molar-refractivity contribution < 1.29 is 0 Å². The fourth-order valence-electron chi connectivity index (χ4n) is 4.43. The first-order valence-electron chi connectivity index (χ1n) is 9.86. The van der Waals surface area contributed by atoms with E-state index in [9.17, 15) is 0 Å². The van der Waals surface area contributed by atoms with Gasteiger partial charge in [0.05, 0.1) is 11.7 Å². The maximum absolute atomic E-state index is 6.30. The number of rotatable bonds is 3. The van der Waals surface area contributed by atoms with E-state index in [4.69, 9.17) is 21.7 Å². The van der Waals surface area contributed by atoms with Crippen LogP contribution in [-0.4, -0.2) is 58.7 Å². The number of guanidine groups is 1. The summed E-state index contributed by atoms with van der Waals surface area (Å²) in [7, 11) is 0. The summed E-state index contributed by atoms with van der Waals surface area (Å²) < 4.78 is 0. The molecule has 3 aliphatic heterocycles. The Kier molecular flexibility index (Phi) is 5.24. The van der Waals surface area contributed by atoms with Gasteiger partial charge in [0.1, 0.15) is 0 Å². The Morgan fingerprint density at radius 1 is 1.33 bits per heavy atom. The maximum Gasteiger partial charge on any atom is 0.223 e. The van der Waals surface area contributed by atoms with Gasteiger partial charge in [-0.2, -0.15) is 5.10 Å². The smallest absolute Gasteiger partial charge is 0.223 e. The minimum Gasteiger partial charge on any atom is -0.338 e. The molecule has 0 N–H and O–H groups in total. The van der Waals surface area contributed by atoms with Crippen LogP contribution in [0.5, 0.6) is 0 Å². The second-order valence-electron chi connectivity index (χ2n) is 7.82. The van der Waals surface area contributed by atoms with E-state index in [0.717, 1.165) is 54.0 Å². The van der Waals surface area contributed by atoms with Crippen LogP contribution in [0.15, 0.2) is 40.9 Å². The number of benzene rings is 1. The van der Waals surface area contributed by atoms with Crippen LogP contribution in [0.2, 0.25) is 5.02 Å². The Morgan fingerprint density at radius 2 is 2.19 bits per heavy atom. The van der Waals surface area contributed by atoms with Crippen molar-refractivity contribution in [1.82, 2.24) is 14.8 Å². The van der Waals surface area contributed by atoms with Gasteiger partial charge in [-0.1, -0.05) is 17.7 Å². The summed E-state index contributed by atoms with van der Waals surface area (Å²) in [6.07, 6.45) is 5.34. The minimum atomic E-state index is 0.0696. The number of hydrogen-bond acceptors (Lipinski definition) is 5. The van der Waals surface area contributed by atoms with Crippen molar-refractivity contribution >= 4 is 29.0 Å². The highest BCUT2D eigenvalue weighted by Gasteiger charge is 2.37. The van der Waals surface area contributed by atoms with Crippen LogP contribution < -0.4 is 0 Å². The summed E-state index contributed by atoms with van der Waals surface area (Å²) in [6, 6.07) is 6.68. The molecular weight excluding hydrogens is 358 g/mol. The minimum absolute atomic E-state index is 0.0696. The molecule has 0 radical (unpaired) electrons. The van der Waals surface area contributed by atoms with Crippen molar-refractivity contribution in [3.63, 3.8) is 0 Å². The van der Waals surface area contributed by atoms with E-state index in [2.05, 4.69) is 21.4 Å². The lowest BCUT2D eigenvalue weighted by molar-refractivity contribution is 0.134. The molecule has 0 aliphatic carbocycles. The maximum atomic E-state index is 6.30. The van der Waals surface area contributed by atoms with Crippen LogP contribution in [0.25, 0.3) is 0 Å². The largest absolute Gasteiger partial charge is 0.338 e. The third-order valence-electron chi connectivity index (χ3n) is 5.64. The molecule has 0 spiro atoms. The summed E-state index contributed by atoms with van der Waals surface area (Å²) in [4.78, 5) is 10.1. The average Bonchev–Trinajstić information content (AvgIpc) is 3.11. The van der Waals surface area contributed by atoms with Gasteiger partial charge < -0.3 is 4.90 Å². The molecule has 5 nitrogen and oxygen atoms in total.